The molecule has 2 aliphatic heterocycles. The third-order valence-electron chi connectivity index (χ3n) is 5.38. The maximum atomic E-state index is 12.7. The highest BCUT2D eigenvalue weighted by Crippen LogP contribution is 2.49. The van der Waals surface area contributed by atoms with Crippen molar-refractivity contribution in [3.05, 3.63) is 23.8 Å². The van der Waals surface area contributed by atoms with Gasteiger partial charge in [-0.3, -0.25) is 14.4 Å². The first-order valence-electron chi connectivity index (χ1n) is 8.14. The number of carbonyl (C=O) groups excluding carboxylic acids is 2. The van der Waals surface area contributed by atoms with Crippen LogP contribution >= 0.6 is 0 Å². The first-order chi connectivity index (χ1) is 11.9. The van der Waals surface area contributed by atoms with Crippen molar-refractivity contribution in [3.63, 3.8) is 0 Å². The summed E-state index contributed by atoms with van der Waals surface area (Å²) >= 11 is 0. The maximum Gasteiger partial charge on any atom is 0.308 e. The average Bonchev–Trinajstić information content (AvgIpc) is 3.06. The Hall–Kier alpha value is -2.77. The molecule has 2 fully saturated rings. The molecule has 3 N–H and O–H groups in total. The molecule has 2 atom stereocenters. The van der Waals surface area contributed by atoms with Gasteiger partial charge in [0.05, 0.1) is 5.92 Å². The van der Waals surface area contributed by atoms with Crippen molar-refractivity contribution in [2.75, 3.05) is 19.9 Å². The van der Waals surface area contributed by atoms with Gasteiger partial charge in [-0.2, -0.15) is 0 Å². The molecule has 0 aromatic heterocycles. The van der Waals surface area contributed by atoms with E-state index in [-0.39, 0.29) is 31.7 Å². The highest BCUT2D eigenvalue weighted by atomic mass is 16.7. The number of amides is 2. The van der Waals surface area contributed by atoms with Crippen LogP contribution < -0.4 is 15.2 Å². The van der Waals surface area contributed by atoms with Crippen LogP contribution in [0.25, 0.3) is 0 Å². The van der Waals surface area contributed by atoms with Gasteiger partial charge >= 0.3 is 5.97 Å². The zero-order valence-corrected chi connectivity index (χ0v) is 13.4. The van der Waals surface area contributed by atoms with Crippen LogP contribution in [0.1, 0.15) is 24.3 Å². The van der Waals surface area contributed by atoms with Crippen LogP contribution in [-0.2, 0) is 14.4 Å². The molecule has 2 heterocycles. The lowest BCUT2D eigenvalue weighted by atomic mass is 9.89. The summed E-state index contributed by atoms with van der Waals surface area (Å²) in [6.07, 6.45) is 0.869. The molecule has 1 aromatic carbocycles. The number of rotatable bonds is 4. The molecule has 1 saturated carbocycles. The first-order valence-corrected chi connectivity index (χ1v) is 8.14. The van der Waals surface area contributed by atoms with Gasteiger partial charge in [-0.15, -0.1) is 0 Å². The van der Waals surface area contributed by atoms with Crippen LogP contribution in [0.4, 0.5) is 0 Å². The van der Waals surface area contributed by atoms with Gasteiger partial charge in [-0.05, 0) is 30.5 Å². The molecule has 0 spiro atoms. The molecule has 8 nitrogen and oxygen atoms in total. The van der Waals surface area contributed by atoms with Crippen molar-refractivity contribution in [2.45, 2.75) is 18.8 Å². The Morgan fingerprint density at radius 2 is 1.88 bits per heavy atom. The van der Waals surface area contributed by atoms with Gasteiger partial charge in [0.1, 0.15) is 5.41 Å². The molecule has 8 heteroatoms. The fourth-order valence-corrected chi connectivity index (χ4v) is 3.69. The highest BCUT2D eigenvalue weighted by Gasteiger charge is 2.58. The van der Waals surface area contributed by atoms with Crippen LogP contribution in [0.15, 0.2) is 18.2 Å². The first kappa shape index (κ1) is 15.7. The second-order valence-corrected chi connectivity index (χ2v) is 6.82. The second-order valence-electron chi connectivity index (χ2n) is 6.82. The van der Waals surface area contributed by atoms with E-state index in [0.717, 1.165) is 5.56 Å². The quantitative estimate of drug-likeness (QED) is 0.757. The van der Waals surface area contributed by atoms with E-state index in [9.17, 15) is 19.5 Å². The summed E-state index contributed by atoms with van der Waals surface area (Å²) in [6, 6.07) is 5.30. The SMILES string of the molecule is NC(=O)C1(C(=O)N2C[C@@H](C(=O)O)[C@H](c3ccc4c(c3)OCO4)C2)CC1. The smallest absolute Gasteiger partial charge is 0.308 e. The van der Waals surface area contributed by atoms with Crippen LogP contribution in [0, 0.1) is 11.3 Å². The highest BCUT2D eigenvalue weighted by molar-refractivity contribution is 6.07. The van der Waals surface area contributed by atoms with Crippen molar-refractivity contribution < 1.29 is 29.0 Å². The number of fused-ring (bicyclic) bond motifs is 1. The molecular formula is C17H18N2O6. The van der Waals surface area contributed by atoms with E-state index < -0.39 is 23.2 Å². The number of hydrogen-bond acceptors (Lipinski definition) is 5. The van der Waals surface area contributed by atoms with Crippen molar-refractivity contribution >= 4 is 17.8 Å². The van der Waals surface area contributed by atoms with Crippen molar-refractivity contribution in [3.8, 4) is 11.5 Å². The number of carboxylic acids is 1. The van der Waals surface area contributed by atoms with Crippen LogP contribution in [0.2, 0.25) is 0 Å². The minimum atomic E-state index is -1.13. The molecular weight excluding hydrogens is 328 g/mol. The summed E-state index contributed by atoms with van der Waals surface area (Å²) in [7, 11) is 0. The summed E-state index contributed by atoms with van der Waals surface area (Å²) in [5, 5.41) is 9.58. The number of aliphatic carboxylic acids is 1. The second kappa shape index (κ2) is 5.37. The summed E-state index contributed by atoms with van der Waals surface area (Å²) in [5.74, 6) is -1.88. The van der Waals surface area contributed by atoms with E-state index >= 15 is 0 Å². The maximum absolute atomic E-state index is 12.7. The lowest BCUT2D eigenvalue weighted by Gasteiger charge is -2.21. The van der Waals surface area contributed by atoms with Crippen molar-refractivity contribution in [1.29, 1.82) is 0 Å². The van der Waals surface area contributed by atoms with E-state index in [1.807, 2.05) is 0 Å². The van der Waals surface area contributed by atoms with Gasteiger partial charge in [0.2, 0.25) is 18.6 Å². The van der Waals surface area contributed by atoms with Gasteiger partial charge in [0, 0.05) is 19.0 Å². The Labute approximate surface area is 143 Å². The Kier molecular flexibility index (Phi) is 3.38. The molecule has 25 heavy (non-hydrogen) atoms. The van der Waals surface area contributed by atoms with Crippen LogP contribution in [0.3, 0.4) is 0 Å². The Morgan fingerprint density at radius 3 is 2.52 bits per heavy atom. The average molecular weight is 346 g/mol. The third-order valence-corrected chi connectivity index (χ3v) is 5.38. The molecule has 1 aliphatic carbocycles. The monoisotopic (exact) mass is 346 g/mol. The zero-order chi connectivity index (χ0) is 17.8. The standard InChI is InChI=1S/C17H18N2O6/c18-15(22)17(3-4-17)16(23)19-6-10(11(7-19)14(20)21)9-1-2-12-13(5-9)25-8-24-12/h1-2,5,10-11H,3-4,6-8H2,(H2,18,22)(H,20,21)/t10-,11+/m0/s1. The number of likely N-dealkylation sites (tertiary alicyclic amines) is 1. The van der Waals surface area contributed by atoms with E-state index in [2.05, 4.69) is 0 Å². The van der Waals surface area contributed by atoms with E-state index in [1.54, 1.807) is 18.2 Å². The molecule has 2 amide bonds. The lowest BCUT2D eigenvalue weighted by molar-refractivity contribution is -0.143. The zero-order valence-electron chi connectivity index (χ0n) is 13.4. The van der Waals surface area contributed by atoms with Crippen LogP contribution in [0.5, 0.6) is 11.5 Å². The van der Waals surface area contributed by atoms with Crippen molar-refractivity contribution in [1.82, 2.24) is 4.90 Å². The van der Waals surface area contributed by atoms with Crippen LogP contribution in [-0.4, -0.2) is 47.7 Å². The lowest BCUT2D eigenvalue weighted by Crippen LogP contribution is -2.42. The number of carboxylic acid groups (broad SMARTS) is 1. The van der Waals surface area contributed by atoms with Gasteiger partial charge in [0.25, 0.3) is 0 Å². The number of hydrogen-bond donors (Lipinski definition) is 2. The van der Waals surface area contributed by atoms with E-state index in [1.165, 1.54) is 4.90 Å². The number of ether oxygens (including phenoxy) is 2. The van der Waals surface area contributed by atoms with E-state index in [0.29, 0.717) is 24.3 Å². The minimum absolute atomic E-state index is 0.0717. The number of carbonyl (C=O) groups is 3. The molecule has 132 valence electrons. The minimum Gasteiger partial charge on any atom is -0.481 e. The van der Waals surface area contributed by atoms with Gasteiger partial charge in [0.15, 0.2) is 11.5 Å². The predicted octanol–water partition coefficient (Wildman–Crippen LogP) is 0.307. The molecule has 0 unspecified atom stereocenters. The molecule has 1 saturated heterocycles. The normalized spacial score (nSPS) is 25.7. The molecule has 1 aromatic rings. The third kappa shape index (κ3) is 2.40. The molecule has 0 bridgehead atoms. The largest absolute Gasteiger partial charge is 0.481 e. The summed E-state index contributed by atoms with van der Waals surface area (Å²) in [6.45, 7) is 0.449. The molecule has 0 radical (unpaired) electrons. The molecule has 3 aliphatic rings. The number of nitrogens with zero attached hydrogens (tertiary/aromatic N) is 1. The Balaban J connectivity index is 1.60. The summed E-state index contributed by atoms with van der Waals surface area (Å²) in [5.41, 5.74) is 5.01. The Morgan fingerprint density at radius 1 is 1.16 bits per heavy atom. The summed E-state index contributed by atoms with van der Waals surface area (Å²) < 4.78 is 10.6. The fraction of sp³-hybridized carbons (Fsp3) is 0.471. The van der Waals surface area contributed by atoms with Gasteiger partial charge in [-0.1, -0.05) is 6.07 Å². The van der Waals surface area contributed by atoms with E-state index in [4.69, 9.17) is 15.2 Å². The molecule has 4 rings (SSSR count). The number of primary amides is 1. The number of benzene rings is 1. The fourth-order valence-electron chi connectivity index (χ4n) is 3.69. The van der Waals surface area contributed by atoms with Gasteiger partial charge in [-0.25, -0.2) is 0 Å². The Bertz CT molecular complexity index is 772. The number of nitrogens with two attached hydrogens (primary N) is 1. The van der Waals surface area contributed by atoms with Crippen molar-refractivity contribution in [2.24, 2.45) is 17.1 Å². The topological polar surface area (TPSA) is 119 Å². The summed E-state index contributed by atoms with van der Waals surface area (Å²) in [4.78, 5) is 37.5. The van der Waals surface area contributed by atoms with Gasteiger partial charge < -0.3 is 25.2 Å². The predicted molar refractivity (Wildman–Crippen MR) is 83.9 cm³/mol.